The average Bonchev–Trinajstić information content (AvgIpc) is 3.02. The summed E-state index contributed by atoms with van der Waals surface area (Å²) in [4.78, 5) is 12.7. The van der Waals surface area contributed by atoms with E-state index >= 15 is 0 Å². The van der Waals surface area contributed by atoms with Crippen LogP contribution in [0.2, 0.25) is 0 Å². The van der Waals surface area contributed by atoms with Crippen LogP contribution in [0, 0.1) is 5.82 Å². The molecule has 1 aliphatic heterocycles. The quantitative estimate of drug-likeness (QED) is 0.897. The molecule has 1 unspecified atom stereocenters. The summed E-state index contributed by atoms with van der Waals surface area (Å²) < 4.78 is 23.6. The first-order chi connectivity index (χ1) is 11.6. The molecule has 0 bridgehead atoms. The Bertz CT molecular complexity index is 706. The van der Waals surface area contributed by atoms with Crippen molar-refractivity contribution in [1.82, 2.24) is 10.5 Å². The van der Waals surface area contributed by atoms with Crippen LogP contribution in [0.3, 0.4) is 0 Å². The van der Waals surface area contributed by atoms with Crippen molar-refractivity contribution in [3.8, 4) is 11.3 Å². The predicted molar refractivity (Wildman–Crippen MR) is 83.8 cm³/mol. The first-order valence-corrected chi connectivity index (χ1v) is 7.88. The van der Waals surface area contributed by atoms with Crippen molar-refractivity contribution in [2.24, 2.45) is 0 Å². The minimum atomic E-state index is -0.984. The molecule has 3 rings (SSSR count). The Morgan fingerprint density at radius 2 is 2.00 bits per heavy atom. The van der Waals surface area contributed by atoms with E-state index < -0.39 is 6.10 Å². The standard InChI is InChI=1S/C17H19FN2O4/c1-10(21)16-14(17(22)19-13-6-8-23-9-7-13)15(20-24-16)11-2-4-12(18)5-3-11/h2-5,10,13,21H,6-9H2,1H3,(H,19,22). The summed E-state index contributed by atoms with van der Waals surface area (Å²) in [5.41, 5.74) is 1.02. The van der Waals surface area contributed by atoms with Gasteiger partial charge in [-0.3, -0.25) is 4.79 Å². The molecule has 2 aromatic rings. The fourth-order valence-corrected chi connectivity index (χ4v) is 2.71. The van der Waals surface area contributed by atoms with E-state index in [0.717, 1.165) is 12.8 Å². The first-order valence-electron chi connectivity index (χ1n) is 7.88. The van der Waals surface area contributed by atoms with Gasteiger partial charge in [0.05, 0.1) is 0 Å². The van der Waals surface area contributed by atoms with Gasteiger partial charge in [0.15, 0.2) is 5.76 Å². The van der Waals surface area contributed by atoms with Gasteiger partial charge in [-0.05, 0) is 44.0 Å². The number of halogens is 1. The van der Waals surface area contributed by atoms with Gasteiger partial charge in [0.2, 0.25) is 0 Å². The molecule has 1 saturated heterocycles. The second kappa shape index (κ2) is 7.11. The lowest BCUT2D eigenvalue weighted by Gasteiger charge is -2.23. The molecular formula is C17H19FN2O4. The van der Waals surface area contributed by atoms with E-state index in [1.807, 2.05) is 0 Å². The van der Waals surface area contributed by atoms with Crippen LogP contribution in [-0.4, -0.2) is 35.4 Å². The van der Waals surface area contributed by atoms with Crippen LogP contribution in [0.1, 0.15) is 42.0 Å². The molecule has 1 aromatic heterocycles. The smallest absolute Gasteiger partial charge is 0.257 e. The molecule has 1 aromatic carbocycles. The van der Waals surface area contributed by atoms with Gasteiger partial charge in [-0.2, -0.15) is 0 Å². The number of aromatic nitrogens is 1. The van der Waals surface area contributed by atoms with E-state index in [2.05, 4.69) is 10.5 Å². The van der Waals surface area contributed by atoms with Crippen LogP contribution < -0.4 is 5.32 Å². The number of benzene rings is 1. The van der Waals surface area contributed by atoms with Gasteiger partial charge in [0, 0.05) is 24.8 Å². The predicted octanol–water partition coefficient (Wildman–Crippen LogP) is 2.44. The lowest BCUT2D eigenvalue weighted by atomic mass is 10.0. The summed E-state index contributed by atoms with van der Waals surface area (Å²) in [7, 11) is 0. The minimum Gasteiger partial charge on any atom is -0.385 e. The zero-order valence-corrected chi connectivity index (χ0v) is 13.3. The van der Waals surface area contributed by atoms with Crippen molar-refractivity contribution in [2.75, 3.05) is 13.2 Å². The van der Waals surface area contributed by atoms with Crippen molar-refractivity contribution in [3.63, 3.8) is 0 Å². The Hall–Kier alpha value is -2.25. The molecule has 7 heteroatoms. The fourth-order valence-electron chi connectivity index (χ4n) is 2.71. The van der Waals surface area contributed by atoms with E-state index in [-0.39, 0.29) is 34.8 Å². The van der Waals surface area contributed by atoms with E-state index in [9.17, 15) is 14.3 Å². The van der Waals surface area contributed by atoms with Gasteiger partial charge in [0.1, 0.15) is 23.2 Å². The zero-order chi connectivity index (χ0) is 17.1. The van der Waals surface area contributed by atoms with Crippen LogP contribution in [0.25, 0.3) is 11.3 Å². The Balaban J connectivity index is 1.93. The summed E-state index contributed by atoms with van der Waals surface area (Å²) in [6, 6.07) is 5.61. The van der Waals surface area contributed by atoms with E-state index in [0.29, 0.717) is 18.8 Å². The zero-order valence-electron chi connectivity index (χ0n) is 13.3. The number of carbonyl (C=O) groups is 1. The Morgan fingerprint density at radius 1 is 1.33 bits per heavy atom. The summed E-state index contributed by atoms with van der Waals surface area (Å²) in [5.74, 6) is -0.650. The molecular weight excluding hydrogens is 315 g/mol. The number of amides is 1. The number of nitrogens with one attached hydrogen (secondary N) is 1. The summed E-state index contributed by atoms with van der Waals surface area (Å²) in [6.45, 7) is 2.70. The second-order valence-corrected chi connectivity index (χ2v) is 5.81. The SMILES string of the molecule is CC(O)c1onc(-c2ccc(F)cc2)c1C(=O)NC1CCOCC1. The molecule has 6 nitrogen and oxygen atoms in total. The van der Waals surface area contributed by atoms with Gasteiger partial charge >= 0.3 is 0 Å². The van der Waals surface area contributed by atoms with E-state index in [1.165, 1.54) is 31.2 Å². The summed E-state index contributed by atoms with van der Waals surface area (Å²) in [5, 5.41) is 16.7. The minimum absolute atomic E-state index is 0.00377. The van der Waals surface area contributed by atoms with Gasteiger partial charge in [-0.1, -0.05) is 5.16 Å². The highest BCUT2D eigenvalue weighted by Gasteiger charge is 2.28. The number of ether oxygens (including phenoxy) is 1. The normalized spacial score (nSPS) is 16.8. The molecule has 128 valence electrons. The molecule has 0 aliphatic carbocycles. The van der Waals surface area contributed by atoms with Crippen LogP contribution in [0.4, 0.5) is 4.39 Å². The van der Waals surface area contributed by atoms with Gasteiger partial charge in [-0.15, -0.1) is 0 Å². The van der Waals surface area contributed by atoms with E-state index in [4.69, 9.17) is 9.26 Å². The Labute approximate surface area is 138 Å². The molecule has 1 atom stereocenters. The molecule has 0 saturated carbocycles. The topological polar surface area (TPSA) is 84.6 Å². The number of aliphatic hydroxyl groups is 1. The van der Waals surface area contributed by atoms with Gasteiger partial charge < -0.3 is 19.7 Å². The first kappa shape index (κ1) is 16.6. The number of hydrogen-bond acceptors (Lipinski definition) is 5. The molecule has 1 aliphatic rings. The monoisotopic (exact) mass is 334 g/mol. The fraction of sp³-hybridized carbons (Fsp3) is 0.412. The maximum Gasteiger partial charge on any atom is 0.257 e. The van der Waals surface area contributed by atoms with Crippen LogP contribution >= 0.6 is 0 Å². The lowest BCUT2D eigenvalue weighted by molar-refractivity contribution is 0.0692. The van der Waals surface area contributed by atoms with Gasteiger partial charge in [-0.25, -0.2) is 4.39 Å². The average molecular weight is 334 g/mol. The third-order valence-corrected chi connectivity index (χ3v) is 4.00. The highest BCUT2D eigenvalue weighted by atomic mass is 19.1. The summed E-state index contributed by atoms with van der Waals surface area (Å²) in [6.07, 6.45) is 0.474. The highest BCUT2D eigenvalue weighted by Crippen LogP contribution is 2.29. The molecule has 2 heterocycles. The Morgan fingerprint density at radius 3 is 2.62 bits per heavy atom. The maximum atomic E-state index is 13.1. The van der Waals surface area contributed by atoms with Gasteiger partial charge in [0.25, 0.3) is 5.91 Å². The third kappa shape index (κ3) is 3.47. The third-order valence-electron chi connectivity index (χ3n) is 4.00. The van der Waals surface area contributed by atoms with E-state index in [1.54, 1.807) is 0 Å². The second-order valence-electron chi connectivity index (χ2n) is 5.81. The molecule has 2 N–H and O–H groups in total. The number of hydrogen-bond donors (Lipinski definition) is 2. The summed E-state index contributed by atoms with van der Waals surface area (Å²) >= 11 is 0. The number of aliphatic hydroxyl groups excluding tert-OH is 1. The largest absolute Gasteiger partial charge is 0.385 e. The van der Waals surface area contributed by atoms with Crippen molar-refractivity contribution >= 4 is 5.91 Å². The number of carbonyl (C=O) groups excluding carboxylic acids is 1. The van der Waals surface area contributed by atoms with Crippen molar-refractivity contribution in [2.45, 2.75) is 31.9 Å². The Kier molecular flexibility index (Phi) is 4.92. The molecule has 24 heavy (non-hydrogen) atoms. The molecule has 0 spiro atoms. The lowest BCUT2D eigenvalue weighted by Crippen LogP contribution is -2.39. The van der Waals surface area contributed by atoms with Crippen LogP contribution in [0.5, 0.6) is 0 Å². The maximum absolute atomic E-state index is 13.1. The van der Waals surface area contributed by atoms with Crippen molar-refractivity contribution < 1.29 is 23.6 Å². The van der Waals surface area contributed by atoms with Crippen LogP contribution in [-0.2, 0) is 4.74 Å². The number of nitrogens with zero attached hydrogens (tertiary/aromatic N) is 1. The molecule has 1 fully saturated rings. The van der Waals surface area contributed by atoms with Crippen LogP contribution in [0.15, 0.2) is 28.8 Å². The van der Waals surface area contributed by atoms with Crippen molar-refractivity contribution in [3.05, 3.63) is 41.4 Å². The molecule has 0 radical (unpaired) electrons. The van der Waals surface area contributed by atoms with Crippen molar-refractivity contribution in [1.29, 1.82) is 0 Å². The number of rotatable bonds is 4. The molecule has 1 amide bonds. The highest BCUT2D eigenvalue weighted by molar-refractivity contribution is 6.01.